The van der Waals surface area contributed by atoms with Crippen LogP contribution in [0.25, 0.3) is 0 Å². The van der Waals surface area contributed by atoms with Crippen LogP contribution >= 0.6 is 0 Å². The summed E-state index contributed by atoms with van der Waals surface area (Å²) < 4.78 is 5.16. The zero-order chi connectivity index (χ0) is 15.7. The van der Waals surface area contributed by atoms with E-state index in [0.717, 1.165) is 12.8 Å². The number of aryl methyl sites for hydroxylation is 1. The van der Waals surface area contributed by atoms with Crippen LogP contribution in [0.15, 0.2) is 6.20 Å². The number of nitrogens with zero attached hydrogens (tertiary/aromatic N) is 2. The number of hydrogen-bond acceptors (Lipinski definition) is 5. The number of rotatable bonds is 4. The van der Waals surface area contributed by atoms with Gasteiger partial charge < -0.3 is 15.4 Å². The van der Waals surface area contributed by atoms with Gasteiger partial charge in [-0.05, 0) is 32.1 Å². The first-order valence-electron chi connectivity index (χ1n) is 7.56. The average Bonchev–Trinajstić information content (AvgIpc) is 3.33. The van der Waals surface area contributed by atoms with E-state index < -0.39 is 0 Å². The summed E-state index contributed by atoms with van der Waals surface area (Å²) in [5.41, 5.74) is 0.319. The van der Waals surface area contributed by atoms with Gasteiger partial charge in [-0.15, -0.1) is 0 Å². The lowest BCUT2D eigenvalue weighted by atomic mass is 9.94. The number of carbonyl (C=O) groups excluding carboxylic acids is 2. The van der Waals surface area contributed by atoms with Crippen LogP contribution in [0.1, 0.15) is 41.9 Å². The minimum Gasteiger partial charge on any atom is -0.480 e. The molecule has 1 saturated carbocycles. The quantitative estimate of drug-likeness (QED) is 0.849. The molecule has 0 unspecified atom stereocenters. The van der Waals surface area contributed by atoms with Gasteiger partial charge in [0.2, 0.25) is 11.8 Å². The smallest absolute Gasteiger partial charge is 0.258 e. The van der Waals surface area contributed by atoms with Crippen molar-refractivity contribution in [3.63, 3.8) is 0 Å². The zero-order valence-corrected chi connectivity index (χ0v) is 12.8. The van der Waals surface area contributed by atoms with Crippen molar-refractivity contribution in [3.8, 4) is 5.88 Å². The highest BCUT2D eigenvalue weighted by molar-refractivity contribution is 5.96. The molecule has 3 rings (SSSR count). The van der Waals surface area contributed by atoms with Gasteiger partial charge in [0.05, 0.1) is 19.2 Å². The molecule has 0 spiro atoms. The first-order valence-corrected chi connectivity index (χ1v) is 7.56. The Hall–Kier alpha value is -2.18. The summed E-state index contributed by atoms with van der Waals surface area (Å²) in [6.07, 6.45) is 4.79. The van der Waals surface area contributed by atoms with Crippen LogP contribution in [0.2, 0.25) is 0 Å². The third-order valence-corrected chi connectivity index (χ3v) is 4.20. The fourth-order valence-corrected chi connectivity index (χ4v) is 2.90. The van der Waals surface area contributed by atoms with E-state index in [2.05, 4.69) is 20.6 Å². The first kappa shape index (κ1) is 14.7. The zero-order valence-electron chi connectivity index (χ0n) is 12.8. The van der Waals surface area contributed by atoms with Crippen LogP contribution in [-0.4, -0.2) is 41.0 Å². The molecule has 0 aromatic carbocycles. The van der Waals surface area contributed by atoms with E-state index >= 15 is 0 Å². The van der Waals surface area contributed by atoms with Gasteiger partial charge in [0, 0.05) is 12.6 Å². The minimum atomic E-state index is -0.261. The second-order valence-electron chi connectivity index (χ2n) is 5.89. The average molecular weight is 304 g/mol. The number of methoxy groups -OCH3 is 1. The molecule has 7 nitrogen and oxygen atoms in total. The van der Waals surface area contributed by atoms with E-state index in [1.807, 2.05) is 0 Å². The van der Waals surface area contributed by atoms with E-state index in [4.69, 9.17) is 4.74 Å². The molecule has 1 aromatic heterocycles. The topological polar surface area (TPSA) is 93.2 Å². The Balaban J connectivity index is 1.74. The number of piperidine rings is 1. The second-order valence-corrected chi connectivity index (χ2v) is 5.89. The maximum absolute atomic E-state index is 12.5. The monoisotopic (exact) mass is 304 g/mol. The molecule has 2 N–H and O–H groups in total. The molecule has 1 aliphatic heterocycles. The fourth-order valence-electron chi connectivity index (χ4n) is 2.90. The summed E-state index contributed by atoms with van der Waals surface area (Å²) in [6.45, 7) is 1.74. The van der Waals surface area contributed by atoms with Gasteiger partial charge in [-0.3, -0.25) is 9.59 Å². The molecule has 22 heavy (non-hydrogen) atoms. The van der Waals surface area contributed by atoms with Crippen molar-refractivity contribution >= 4 is 11.8 Å². The number of hydrogen-bond donors (Lipinski definition) is 2. The Kier molecular flexibility index (Phi) is 3.96. The third-order valence-electron chi connectivity index (χ3n) is 4.20. The summed E-state index contributed by atoms with van der Waals surface area (Å²) >= 11 is 0. The molecule has 2 aliphatic rings. The van der Waals surface area contributed by atoms with E-state index in [1.54, 1.807) is 6.92 Å². The molecule has 1 aromatic rings. The van der Waals surface area contributed by atoms with Gasteiger partial charge in [-0.1, -0.05) is 0 Å². The van der Waals surface area contributed by atoms with Crippen molar-refractivity contribution in [1.82, 2.24) is 20.6 Å². The predicted molar refractivity (Wildman–Crippen MR) is 78.5 cm³/mol. The minimum absolute atomic E-state index is 0.0301. The normalized spacial score (nSPS) is 24.5. The van der Waals surface area contributed by atoms with Crippen LogP contribution in [0, 0.1) is 12.8 Å². The molecule has 2 amide bonds. The van der Waals surface area contributed by atoms with E-state index in [1.165, 1.54) is 13.3 Å². The standard InChI is InChI=1S/C15H20N4O3/c1-8-16-7-10(15(17-8)22-2)14(21)18-11-5-6-12(20)19-13(11)9-3-4-9/h7,9,11,13H,3-6H2,1-2H3,(H,18,21)(H,19,20)/t11-,13+/m1/s1. The maximum Gasteiger partial charge on any atom is 0.258 e. The van der Waals surface area contributed by atoms with Crippen molar-refractivity contribution < 1.29 is 14.3 Å². The van der Waals surface area contributed by atoms with Gasteiger partial charge in [0.25, 0.3) is 5.91 Å². The van der Waals surface area contributed by atoms with Crippen LogP contribution in [0.4, 0.5) is 0 Å². The van der Waals surface area contributed by atoms with Crippen molar-refractivity contribution in [2.45, 2.75) is 44.7 Å². The Morgan fingerprint density at radius 2 is 2.18 bits per heavy atom. The van der Waals surface area contributed by atoms with E-state index in [9.17, 15) is 9.59 Å². The lowest BCUT2D eigenvalue weighted by Crippen LogP contribution is -2.56. The highest BCUT2D eigenvalue weighted by Crippen LogP contribution is 2.36. The van der Waals surface area contributed by atoms with Crippen LogP contribution in [0.5, 0.6) is 5.88 Å². The van der Waals surface area contributed by atoms with Gasteiger partial charge in [0.1, 0.15) is 11.4 Å². The molecule has 0 radical (unpaired) electrons. The summed E-state index contributed by atoms with van der Waals surface area (Å²) in [5.74, 6) is 1.11. The molecule has 118 valence electrons. The summed E-state index contributed by atoms with van der Waals surface area (Å²) in [7, 11) is 1.48. The van der Waals surface area contributed by atoms with Gasteiger partial charge in [0.15, 0.2) is 0 Å². The molecular weight excluding hydrogens is 284 g/mol. The predicted octanol–water partition coefficient (Wildman–Crippen LogP) is 0.581. The summed E-state index contributed by atoms with van der Waals surface area (Å²) in [4.78, 5) is 32.3. The van der Waals surface area contributed by atoms with Crippen molar-refractivity contribution in [2.24, 2.45) is 5.92 Å². The third kappa shape index (κ3) is 3.03. The van der Waals surface area contributed by atoms with Crippen LogP contribution < -0.4 is 15.4 Å². The second kappa shape index (κ2) is 5.90. The molecule has 7 heteroatoms. The molecular formula is C15H20N4O3. The Bertz CT molecular complexity index is 600. The van der Waals surface area contributed by atoms with Gasteiger partial charge in [-0.2, -0.15) is 4.98 Å². The molecule has 0 bridgehead atoms. The summed E-state index contributed by atoms with van der Waals surface area (Å²) in [6, 6.07) is -0.0220. The number of amides is 2. The maximum atomic E-state index is 12.5. The van der Waals surface area contributed by atoms with Crippen LogP contribution in [-0.2, 0) is 4.79 Å². The summed E-state index contributed by atoms with van der Waals surface area (Å²) in [5, 5.41) is 6.01. The lowest BCUT2D eigenvalue weighted by Gasteiger charge is -2.33. The number of carbonyl (C=O) groups is 2. The van der Waals surface area contributed by atoms with Crippen molar-refractivity contribution in [2.75, 3.05) is 7.11 Å². The molecule has 1 saturated heterocycles. The number of ether oxygens (including phenoxy) is 1. The van der Waals surface area contributed by atoms with Crippen molar-refractivity contribution in [1.29, 1.82) is 0 Å². The number of nitrogens with one attached hydrogen (secondary N) is 2. The Morgan fingerprint density at radius 1 is 1.41 bits per heavy atom. The molecule has 2 atom stereocenters. The SMILES string of the molecule is COc1nc(C)ncc1C(=O)N[C@@H]1CCC(=O)N[C@H]1C1CC1. The van der Waals surface area contributed by atoms with Gasteiger partial charge in [-0.25, -0.2) is 4.98 Å². The number of aromatic nitrogens is 2. The molecule has 1 aliphatic carbocycles. The molecule has 2 fully saturated rings. The Labute approximate surface area is 128 Å². The molecule has 2 heterocycles. The Morgan fingerprint density at radius 3 is 2.86 bits per heavy atom. The van der Waals surface area contributed by atoms with Crippen molar-refractivity contribution in [3.05, 3.63) is 17.6 Å². The van der Waals surface area contributed by atoms with Gasteiger partial charge >= 0.3 is 0 Å². The highest BCUT2D eigenvalue weighted by atomic mass is 16.5. The van der Waals surface area contributed by atoms with E-state index in [-0.39, 0.29) is 29.8 Å². The van der Waals surface area contributed by atoms with Crippen LogP contribution in [0.3, 0.4) is 0 Å². The first-order chi connectivity index (χ1) is 10.6. The highest BCUT2D eigenvalue weighted by Gasteiger charge is 2.40. The van der Waals surface area contributed by atoms with E-state index in [0.29, 0.717) is 30.1 Å². The lowest BCUT2D eigenvalue weighted by molar-refractivity contribution is -0.124. The fraction of sp³-hybridized carbons (Fsp3) is 0.600. The largest absolute Gasteiger partial charge is 0.480 e.